The first kappa shape index (κ1) is 21.4. The highest BCUT2D eigenvalue weighted by molar-refractivity contribution is 5.99. The summed E-state index contributed by atoms with van der Waals surface area (Å²) in [6.07, 6.45) is 4.98. The number of rotatable bonds is 4. The molecule has 1 saturated heterocycles. The molecule has 5 rings (SSSR count). The number of nitrogens with zero attached hydrogens (tertiary/aromatic N) is 3. The molecule has 3 heterocycles. The second-order valence-corrected chi connectivity index (χ2v) is 8.78. The van der Waals surface area contributed by atoms with E-state index in [1.807, 2.05) is 12.3 Å². The van der Waals surface area contributed by atoms with Crippen LogP contribution in [0.4, 0.5) is 11.4 Å². The van der Waals surface area contributed by atoms with Crippen LogP contribution in [-0.4, -0.2) is 38.2 Å². The van der Waals surface area contributed by atoms with Crippen LogP contribution < -0.4 is 24.6 Å². The average molecular weight is 445 g/mol. The molecule has 1 N–H and O–H groups in total. The van der Waals surface area contributed by atoms with Crippen molar-refractivity contribution in [1.29, 1.82) is 0 Å². The van der Waals surface area contributed by atoms with Crippen LogP contribution in [0.1, 0.15) is 32.3 Å². The van der Waals surface area contributed by atoms with E-state index < -0.39 is 0 Å². The molecule has 6 nitrogen and oxygen atoms in total. The van der Waals surface area contributed by atoms with Crippen molar-refractivity contribution in [2.24, 2.45) is 4.99 Å². The second kappa shape index (κ2) is 9.22. The molecule has 0 spiro atoms. The molecule has 33 heavy (non-hydrogen) atoms. The lowest BCUT2D eigenvalue weighted by Gasteiger charge is -2.34. The van der Waals surface area contributed by atoms with Crippen molar-refractivity contribution in [3.63, 3.8) is 0 Å². The van der Waals surface area contributed by atoms with Gasteiger partial charge >= 0.3 is 0 Å². The van der Waals surface area contributed by atoms with Crippen molar-refractivity contribution in [1.82, 2.24) is 5.32 Å². The number of ether oxygens (including phenoxy) is 2. The molecule has 0 saturated carbocycles. The SMILES string of the molecule is C=C1CCN(c2cccc(OC3=CNC(N4CCOc5c(CC)cccc54)=NC3C)c2)CC1. The maximum Gasteiger partial charge on any atom is 0.203 e. The third-order valence-electron chi connectivity index (χ3n) is 6.52. The quantitative estimate of drug-likeness (QED) is 0.682. The predicted molar refractivity (Wildman–Crippen MR) is 134 cm³/mol. The molecule has 0 bridgehead atoms. The van der Waals surface area contributed by atoms with E-state index in [1.54, 1.807) is 0 Å². The number of para-hydroxylation sites is 1. The van der Waals surface area contributed by atoms with Gasteiger partial charge in [-0.1, -0.05) is 37.3 Å². The summed E-state index contributed by atoms with van der Waals surface area (Å²) in [7, 11) is 0. The van der Waals surface area contributed by atoms with Crippen molar-refractivity contribution < 1.29 is 9.47 Å². The maximum atomic E-state index is 6.27. The van der Waals surface area contributed by atoms with E-state index in [2.05, 4.69) is 71.9 Å². The standard InChI is InChI=1S/C27H32N4O2/c1-4-21-7-5-10-24-26(21)32-16-15-31(24)27-28-18-25(20(3)29-27)33-23-9-6-8-22(17-23)30-13-11-19(2)12-14-30/h5-10,17-18,20H,2,4,11-16H2,1,3H3,(H,28,29). The van der Waals surface area contributed by atoms with Crippen LogP contribution in [0.15, 0.2) is 71.6 Å². The van der Waals surface area contributed by atoms with Gasteiger partial charge in [0.1, 0.15) is 29.9 Å². The van der Waals surface area contributed by atoms with Gasteiger partial charge in [-0.25, -0.2) is 4.99 Å². The number of anilines is 2. The largest absolute Gasteiger partial charge is 0.489 e. The van der Waals surface area contributed by atoms with Crippen molar-refractivity contribution in [3.8, 4) is 11.5 Å². The number of benzene rings is 2. The summed E-state index contributed by atoms with van der Waals surface area (Å²) < 4.78 is 12.3. The summed E-state index contributed by atoms with van der Waals surface area (Å²) >= 11 is 0. The monoisotopic (exact) mass is 444 g/mol. The number of fused-ring (bicyclic) bond motifs is 1. The summed E-state index contributed by atoms with van der Waals surface area (Å²) in [4.78, 5) is 9.52. The molecular formula is C27H32N4O2. The Morgan fingerprint density at radius 2 is 1.97 bits per heavy atom. The molecule has 0 aliphatic carbocycles. The fourth-order valence-electron chi connectivity index (χ4n) is 4.57. The number of nitrogens with one attached hydrogen (secondary N) is 1. The number of aryl methyl sites for hydroxylation is 1. The number of aliphatic imine (C=N–C) groups is 1. The maximum absolute atomic E-state index is 6.27. The van der Waals surface area contributed by atoms with E-state index in [9.17, 15) is 0 Å². The van der Waals surface area contributed by atoms with Crippen molar-refractivity contribution in [3.05, 3.63) is 72.1 Å². The van der Waals surface area contributed by atoms with Crippen LogP contribution in [0.3, 0.4) is 0 Å². The number of piperidine rings is 1. The topological polar surface area (TPSA) is 49.3 Å². The highest BCUT2D eigenvalue weighted by Crippen LogP contribution is 2.36. The van der Waals surface area contributed by atoms with Crippen molar-refractivity contribution >= 4 is 17.3 Å². The highest BCUT2D eigenvalue weighted by atomic mass is 16.5. The molecule has 0 aromatic heterocycles. The summed E-state index contributed by atoms with van der Waals surface area (Å²) in [5.41, 5.74) is 4.82. The van der Waals surface area contributed by atoms with Crippen molar-refractivity contribution in [2.45, 2.75) is 39.2 Å². The van der Waals surface area contributed by atoms with E-state index >= 15 is 0 Å². The third kappa shape index (κ3) is 4.42. The first-order valence-electron chi connectivity index (χ1n) is 11.9. The van der Waals surface area contributed by atoms with Crippen LogP contribution >= 0.6 is 0 Å². The molecule has 0 amide bonds. The Balaban J connectivity index is 1.29. The lowest BCUT2D eigenvalue weighted by molar-refractivity contribution is 0.311. The molecule has 2 aromatic rings. The van der Waals surface area contributed by atoms with Crippen LogP contribution in [0.25, 0.3) is 0 Å². The summed E-state index contributed by atoms with van der Waals surface area (Å²) in [5, 5.41) is 3.36. The fraction of sp³-hybridized carbons (Fsp3) is 0.370. The molecular weight excluding hydrogens is 412 g/mol. The molecule has 1 fully saturated rings. The Hall–Kier alpha value is -3.41. The van der Waals surface area contributed by atoms with Gasteiger partial charge in [0, 0.05) is 31.0 Å². The summed E-state index contributed by atoms with van der Waals surface area (Å²) in [6, 6.07) is 14.5. The molecule has 2 aromatic carbocycles. The Morgan fingerprint density at radius 3 is 2.76 bits per heavy atom. The van der Waals surface area contributed by atoms with Gasteiger partial charge in [-0.15, -0.1) is 0 Å². The van der Waals surface area contributed by atoms with Gasteiger partial charge < -0.3 is 24.6 Å². The van der Waals surface area contributed by atoms with Gasteiger partial charge in [0.25, 0.3) is 0 Å². The zero-order valence-electron chi connectivity index (χ0n) is 19.5. The van der Waals surface area contributed by atoms with Crippen LogP contribution in [-0.2, 0) is 6.42 Å². The minimum atomic E-state index is -0.0936. The van der Waals surface area contributed by atoms with Gasteiger partial charge in [0.05, 0.1) is 12.2 Å². The smallest absolute Gasteiger partial charge is 0.203 e. The predicted octanol–water partition coefficient (Wildman–Crippen LogP) is 4.87. The van der Waals surface area contributed by atoms with Gasteiger partial charge in [0.2, 0.25) is 5.96 Å². The fourth-order valence-corrected chi connectivity index (χ4v) is 4.57. The van der Waals surface area contributed by atoms with E-state index in [0.29, 0.717) is 6.61 Å². The molecule has 1 atom stereocenters. The van der Waals surface area contributed by atoms with E-state index in [4.69, 9.17) is 14.5 Å². The minimum absolute atomic E-state index is 0.0936. The molecule has 6 heteroatoms. The first-order chi connectivity index (χ1) is 16.1. The zero-order chi connectivity index (χ0) is 22.8. The highest BCUT2D eigenvalue weighted by Gasteiger charge is 2.27. The number of hydrogen-bond acceptors (Lipinski definition) is 6. The Bertz CT molecular complexity index is 1100. The molecule has 1 unspecified atom stereocenters. The Kier molecular flexibility index (Phi) is 5.99. The van der Waals surface area contributed by atoms with E-state index in [1.165, 1.54) is 16.8 Å². The summed E-state index contributed by atoms with van der Waals surface area (Å²) in [6.45, 7) is 11.8. The van der Waals surface area contributed by atoms with Crippen LogP contribution in [0.5, 0.6) is 11.5 Å². The normalized spacial score (nSPS) is 20.3. The molecule has 0 radical (unpaired) electrons. The number of hydrogen-bond donors (Lipinski definition) is 1. The first-order valence-corrected chi connectivity index (χ1v) is 11.9. The lowest BCUT2D eigenvalue weighted by Crippen LogP contribution is -2.46. The molecule has 172 valence electrons. The van der Waals surface area contributed by atoms with Crippen LogP contribution in [0.2, 0.25) is 0 Å². The Morgan fingerprint density at radius 1 is 1.15 bits per heavy atom. The van der Waals surface area contributed by atoms with Crippen molar-refractivity contribution in [2.75, 3.05) is 36.0 Å². The van der Waals surface area contributed by atoms with E-state index in [0.717, 1.165) is 67.8 Å². The van der Waals surface area contributed by atoms with Crippen LogP contribution in [0, 0.1) is 0 Å². The average Bonchev–Trinajstić information content (AvgIpc) is 2.85. The van der Waals surface area contributed by atoms with E-state index in [-0.39, 0.29) is 6.04 Å². The third-order valence-corrected chi connectivity index (χ3v) is 6.52. The van der Waals surface area contributed by atoms with Gasteiger partial charge in [-0.05, 0) is 49.9 Å². The van der Waals surface area contributed by atoms with Gasteiger partial charge in [-0.3, -0.25) is 0 Å². The summed E-state index contributed by atoms with van der Waals surface area (Å²) in [5.74, 6) is 3.43. The lowest BCUT2D eigenvalue weighted by atomic mass is 10.1. The van der Waals surface area contributed by atoms with Gasteiger partial charge in [-0.2, -0.15) is 0 Å². The molecule has 3 aliphatic rings. The number of guanidine groups is 1. The Labute approximate surface area is 196 Å². The second-order valence-electron chi connectivity index (χ2n) is 8.78. The zero-order valence-corrected chi connectivity index (χ0v) is 19.5. The minimum Gasteiger partial charge on any atom is -0.489 e. The van der Waals surface area contributed by atoms with Gasteiger partial charge in [0.15, 0.2) is 0 Å². The molecule has 3 aliphatic heterocycles.